The van der Waals surface area contributed by atoms with E-state index in [-0.39, 0.29) is 13.2 Å². The molecule has 0 aliphatic rings. The number of hydrogen-bond donors (Lipinski definition) is 1. The Morgan fingerprint density at radius 1 is 1.04 bits per heavy atom. The van der Waals surface area contributed by atoms with E-state index in [1.165, 1.54) is 0 Å². The number of carbonyl (C=O) groups excluding carboxylic acids is 2. The first-order chi connectivity index (χ1) is 12.9. The number of benzene rings is 2. The topological polar surface area (TPSA) is 73.9 Å². The second kappa shape index (κ2) is 9.62. The molecule has 1 N–H and O–H groups in total. The Balaban J connectivity index is 1.91. The van der Waals surface area contributed by atoms with Crippen LogP contribution < -0.4 is 14.8 Å². The molecule has 1 amide bonds. The molecule has 0 heterocycles. The van der Waals surface area contributed by atoms with E-state index in [0.29, 0.717) is 23.7 Å². The molecule has 0 spiro atoms. The molecule has 0 radical (unpaired) electrons. The smallest absolute Gasteiger partial charge is 0.407 e. The highest BCUT2D eigenvalue weighted by molar-refractivity contribution is 5.76. The Kier molecular flexibility index (Phi) is 7.23. The molecule has 2 aromatic carbocycles. The summed E-state index contributed by atoms with van der Waals surface area (Å²) in [6.07, 6.45) is 0.256. The first kappa shape index (κ1) is 20.3. The van der Waals surface area contributed by atoms with E-state index in [2.05, 4.69) is 5.32 Å². The summed E-state index contributed by atoms with van der Waals surface area (Å²) in [5.74, 6) is 0.975. The minimum absolute atomic E-state index is 0.237. The van der Waals surface area contributed by atoms with Gasteiger partial charge in [-0.05, 0) is 44.5 Å². The van der Waals surface area contributed by atoms with Crippen LogP contribution in [0, 0.1) is 0 Å². The van der Waals surface area contributed by atoms with Crippen LogP contribution in [0.1, 0.15) is 36.7 Å². The van der Waals surface area contributed by atoms with Crippen LogP contribution in [0.2, 0.25) is 0 Å². The minimum Gasteiger partial charge on any atom is -0.488 e. The van der Waals surface area contributed by atoms with Gasteiger partial charge in [0.1, 0.15) is 25.1 Å². The first-order valence-electron chi connectivity index (χ1n) is 8.73. The lowest BCUT2D eigenvalue weighted by Gasteiger charge is -2.19. The molecule has 27 heavy (non-hydrogen) atoms. The van der Waals surface area contributed by atoms with E-state index in [0.717, 1.165) is 11.8 Å². The predicted octanol–water partition coefficient (Wildman–Crippen LogP) is 3.98. The summed E-state index contributed by atoms with van der Waals surface area (Å²) in [5, 5.41) is 2.63. The molecule has 0 atom stereocenters. The van der Waals surface area contributed by atoms with Crippen LogP contribution in [-0.4, -0.2) is 31.1 Å². The molecule has 6 heteroatoms. The van der Waals surface area contributed by atoms with Gasteiger partial charge in [-0.2, -0.15) is 0 Å². The summed E-state index contributed by atoms with van der Waals surface area (Å²) in [6.45, 7) is 6.27. The average Bonchev–Trinajstić information content (AvgIpc) is 2.63. The predicted molar refractivity (Wildman–Crippen MR) is 102 cm³/mol. The zero-order chi connectivity index (χ0) is 19.7. The van der Waals surface area contributed by atoms with Gasteiger partial charge in [-0.25, -0.2) is 4.79 Å². The summed E-state index contributed by atoms with van der Waals surface area (Å²) in [7, 11) is 0. The van der Waals surface area contributed by atoms with Gasteiger partial charge in [-0.1, -0.05) is 30.3 Å². The summed E-state index contributed by atoms with van der Waals surface area (Å²) in [5.41, 5.74) is 0.956. The fourth-order valence-corrected chi connectivity index (χ4v) is 2.19. The number of amides is 1. The third kappa shape index (κ3) is 7.40. The van der Waals surface area contributed by atoms with Gasteiger partial charge >= 0.3 is 6.09 Å². The van der Waals surface area contributed by atoms with Crippen LogP contribution in [0.4, 0.5) is 4.79 Å². The molecular weight excluding hydrogens is 346 g/mol. The average molecular weight is 371 g/mol. The molecule has 0 bridgehead atoms. The number of hydrogen-bond acceptors (Lipinski definition) is 5. The molecule has 0 aromatic heterocycles. The molecule has 0 saturated carbocycles. The summed E-state index contributed by atoms with van der Waals surface area (Å²) < 4.78 is 16.7. The van der Waals surface area contributed by atoms with Crippen molar-refractivity contribution < 1.29 is 23.8 Å². The van der Waals surface area contributed by atoms with Gasteiger partial charge in [0.05, 0.1) is 6.54 Å². The highest BCUT2D eigenvalue weighted by Gasteiger charge is 2.15. The van der Waals surface area contributed by atoms with Crippen molar-refractivity contribution in [3.05, 3.63) is 59.7 Å². The van der Waals surface area contributed by atoms with Gasteiger partial charge in [0.2, 0.25) is 0 Å². The maximum absolute atomic E-state index is 11.6. The maximum atomic E-state index is 11.6. The number of carbonyl (C=O) groups is 2. The Hall–Kier alpha value is -3.02. The number of aldehydes is 1. The van der Waals surface area contributed by atoms with Crippen molar-refractivity contribution >= 4 is 12.4 Å². The fourth-order valence-electron chi connectivity index (χ4n) is 2.19. The number of ether oxygens (including phenoxy) is 3. The number of rotatable bonds is 8. The molecule has 0 aliphatic carbocycles. The van der Waals surface area contributed by atoms with Crippen LogP contribution in [0.25, 0.3) is 0 Å². The molecule has 0 fully saturated rings. The lowest BCUT2D eigenvalue weighted by atomic mass is 10.2. The highest BCUT2D eigenvalue weighted by atomic mass is 16.6. The lowest BCUT2D eigenvalue weighted by molar-refractivity contribution is 0.0520. The Labute approximate surface area is 159 Å². The summed E-state index contributed by atoms with van der Waals surface area (Å²) in [4.78, 5) is 22.7. The van der Waals surface area contributed by atoms with E-state index < -0.39 is 11.7 Å². The van der Waals surface area contributed by atoms with Crippen LogP contribution >= 0.6 is 0 Å². The monoisotopic (exact) mass is 371 g/mol. The molecule has 6 nitrogen and oxygen atoms in total. The van der Waals surface area contributed by atoms with Crippen LogP contribution in [0.3, 0.4) is 0 Å². The zero-order valence-electron chi connectivity index (χ0n) is 15.9. The first-order valence-corrected chi connectivity index (χ1v) is 8.73. The van der Waals surface area contributed by atoms with E-state index in [1.807, 2.05) is 30.3 Å². The summed E-state index contributed by atoms with van der Waals surface area (Å²) in [6, 6.07) is 14.7. The SMILES string of the molecule is CC(C)(C)OC(=O)NCCOc1ccc(C=O)cc1OCc1ccccc1. The number of alkyl carbamates (subject to hydrolysis) is 1. The summed E-state index contributed by atoms with van der Waals surface area (Å²) >= 11 is 0. The van der Waals surface area contributed by atoms with E-state index >= 15 is 0 Å². The van der Waals surface area contributed by atoms with Crippen LogP contribution in [-0.2, 0) is 11.3 Å². The molecular formula is C21H25NO5. The highest BCUT2D eigenvalue weighted by Crippen LogP contribution is 2.28. The third-order valence-electron chi connectivity index (χ3n) is 3.37. The van der Waals surface area contributed by atoms with Gasteiger partial charge in [-0.3, -0.25) is 4.79 Å². The van der Waals surface area contributed by atoms with E-state index in [4.69, 9.17) is 14.2 Å². The van der Waals surface area contributed by atoms with Crippen LogP contribution in [0.5, 0.6) is 11.5 Å². The van der Waals surface area contributed by atoms with Crippen molar-refractivity contribution in [3.8, 4) is 11.5 Å². The van der Waals surface area contributed by atoms with E-state index in [1.54, 1.807) is 39.0 Å². The fraction of sp³-hybridized carbons (Fsp3) is 0.333. The molecule has 0 unspecified atom stereocenters. The number of nitrogens with one attached hydrogen (secondary N) is 1. The molecule has 0 saturated heterocycles. The van der Waals surface area contributed by atoms with Crippen molar-refractivity contribution in [2.45, 2.75) is 33.0 Å². The Morgan fingerprint density at radius 2 is 1.78 bits per heavy atom. The quantitative estimate of drug-likeness (QED) is 0.561. The molecule has 2 aromatic rings. The van der Waals surface area contributed by atoms with Crippen molar-refractivity contribution in [2.75, 3.05) is 13.2 Å². The lowest BCUT2D eigenvalue weighted by Crippen LogP contribution is -2.34. The normalized spacial score (nSPS) is 10.8. The molecule has 2 rings (SSSR count). The second-order valence-corrected chi connectivity index (χ2v) is 6.88. The standard InChI is InChI=1S/C21H25NO5/c1-21(2,3)27-20(24)22-11-12-25-18-10-9-17(14-23)13-19(18)26-15-16-7-5-4-6-8-16/h4-10,13-14H,11-12,15H2,1-3H3,(H,22,24). The van der Waals surface area contributed by atoms with Gasteiger partial charge in [-0.15, -0.1) is 0 Å². The second-order valence-electron chi connectivity index (χ2n) is 6.88. The third-order valence-corrected chi connectivity index (χ3v) is 3.37. The van der Waals surface area contributed by atoms with Gasteiger partial charge in [0.25, 0.3) is 0 Å². The Bertz CT molecular complexity index is 753. The Morgan fingerprint density at radius 3 is 2.44 bits per heavy atom. The minimum atomic E-state index is -0.548. The van der Waals surface area contributed by atoms with Gasteiger partial charge < -0.3 is 19.5 Å². The van der Waals surface area contributed by atoms with Crippen molar-refractivity contribution in [1.82, 2.24) is 5.32 Å². The van der Waals surface area contributed by atoms with Crippen molar-refractivity contribution in [3.63, 3.8) is 0 Å². The zero-order valence-corrected chi connectivity index (χ0v) is 15.9. The molecule has 0 aliphatic heterocycles. The van der Waals surface area contributed by atoms with Gasteiger partial charge in [0.15, 0.2) is 11.5 Å². The maximum Gasteiger partial charge on any atom is 0.407 e. The van der Waals surface area contributed by atoms with Crippen molar-refractivity contribution in [1.29, 1.82) is 0 Å². The van der Waals surface area contributed by atoms with E-state index in [9.17, 15) is 9.59 Å². The largest absolute Gasteiger partial charge is 0.488 e. The van der Waals surface area contributed by atoms with Crippen LogP contribution in [0.15, 0.2) is 48.5 Å². The van der Waals surface area contributed by atoms with Crippen molar-refractivity contribution in [2.24, 2.45) is 0 Å². The molecule has 144 valence electrons. The van der Waals surface area contributed by atoms with Gasteiger partial charge in [0, 0.05) is 5.56 Å².